The average Bonchev–Trinajstić information content (AvgIpc) is 2.63. The van der Waals surface area contributed by atoms with Gasteiger partial charge in [-0.25, -0.2) is 18.4 Å². The molecule has 0 aliphatic rings. The minimum absolute atomic E-state index is 0.00612. The Bertz CT molecular complexity index is 992. The molecule has 26 heavy (non-hydrogen) atoms. The van der Waals surface area contributed by atoms with E-state index in [9.17, 15) is 8.42 Å². The van der Waals surface area contributed by atoms with E-state index in [-0.39, 0.29) is 10.6 Å². The van der Waals surface area contributed by atoms with Crippen LogP contribution in [0.3, 0.4) is 0 Å². The lowest BCUT2D eigenvalue weighted by Gasteiger charge is -2.06. The Kier molecular flexibility index (Phi) is 6.19. The van der Waals surface area contributed by atoms with E-state index >= 15 is 0 Å². The van der Waals surface area contributed by atoms with Crippen LogP contribution in [0.25, 0.3) is 11.3 Å². The van der Waals surface area contributed by atoms with Crippen LogP contribution in [0.1, 0.15) is 0 Å². The van der Waals surface area contributed by atoms with E-state index in [1.165, 1.54) is 23.9 Å². The predicted molar refractivity (Wildman–Crippen MR) is 107 cm³/mol. The topological polar surface area (TPSA) is 59.9 Å². The van der Waals surface area contributed by atoms with Crippen molar-refractivity contribution in [2.24, 2.45) is 0 Å². The molecule has 0 atom stereocenters. The van der Waals surface area contributed by atoms with Crippen LogP contribution >= 0.6 is 35.0 Å². The monoisotopic (exact) mass is 424 g/mol. The Morgan fingerprint density at radius 3 is 2.15 bits per heavy atom. The summed E-state index contributed by atoms with van der Waals surface area (Å²) in [6.45, 7) is 0. The van der Waals surface area contributed by atoms with Crippen LogP contribution in [0, 0.1) is 0 Å². The molecule has 0 radical (unpaired) electrons. The van der Waals surface area contributed by atoms with Gasteiger partial charge in [0.15, 0.2) is 15.0 Å². The molecule has 134 valence electrons. The summed E-state index contributed by atoms with van der Waals surface area (Å²) in [5.74, 6) is 0.350. The standard InChI is InChI=1S/C18H14Cl2N2O2S2/c19-14-3-1-13(2-4-14)17-9-10-21-18(22-17)25-11-12-26(23,24)16-7-5-15(20)6-8-16/h1-10H,11-12H2. The molecule has 3 aromatic rings. The zero-order chi connectivity index (χ0) is 18.6. The van der Waals surface area contributed by atoms with Gasteiger partial charge in [-0.05, 0) is 42.5 Å². The molecule has 0 saturated carbocycles. The highest BCUT2D eigenvalue weighted by molar-refractivity contribution is 8.00. The first-order chi connectivity index (χ1) is 12.4. The van der Waals surface area contributed by atoms with Gasteiger partial charge in [0.2, 0.25) is 0 Å². The molecule has 0 bridgehead atoms. The zero-order valence-electron chi connectivity index (χ0n) is 13.5. The number of sulfone groups is 1. The van der Waals surface area contributed by atoms with Gasteiger partial charge in [-0.1, -0.05) is 47.1 Å². The summed E-state index contributed by atoms with van der Waals surface area (Å²) in [5, 5.41) is 1.69. The van der Waals surface area contributed by atoms with Gasteiger partial charge in [-0.3, -0.25) is 0 Å². The van der Waals surface area contributed by atoms with Gasteiger partial charge >= 0.3 is 0 Å². The van der Waals surface area contributed by atoms with Crippen LogP contribution in [-0.2, 0) is 9.84 Å². The van der Waals surface area contributed by atoms with Gasteiger partial charge in [0, 0.05) is 27.6 Å². The van der Waals surface area contributed by atoms with Crippen molar-refractivity contribution in [2.45, 2.75) is 10.1 Å². The molecule has 0 spiro atoms. The summed E-state index contributed by atoms with van der Waals surface area (Å²) in [5.41, 5.74) is 1.69. The number of hydrogen-bond acceptors (Lipinski definition) is 5. The third-order valence-electron chi connectivity index (χ3n) is 3.53. The molecule has 0 aliphatic carbocycles. The van der Waals surface area contributed by atoms with Crippen molar-refractivity contribution in [3.8, 4) is 11.3 Å². The van der Waals surface area contributed by atoms with E-state index in [1.54, 1.807) is 36.5 Å². The summed E-state index contributed by atoms with van der Waals surface area (Å²) in [6.07, 6.45) is 1.66. The lowest BCUT2D eigenvalue weighted by atomic mass is 10.1. The first kappa shape index (κ1) is 19.2. The molecule has 0 fully saturated rings. The van der Waals surface area contributed by atoms with Crippen LogP contribution in [0.5, 0.6) is 0 Å². The molecule has 0 saturated heterocycles. The van der Waals surface area contributed by atoms with Gasteiger partial charge in [-0.15, -0.1) is 0 Å². The van der Waals surface area contributed by atoms with Gasteiger partial charge in [0.25, 0.3) is 0 Å². The Labute approximate surface area is 166 Å². The second kappa shape index (κ2) is 8.39. The molecule has 0 amide bonds. The third-order valence-corrected chi connectivity index (χ3v) is 6.89. The lowest BCUT2D eigenvalue weighted by Crippen LogP contribution is -2.09. The van der Waals surface area contributed by atoms with Crippen molar-refractivity contribution in [1.29, 1.82) is 0 Å². The quantitative estimate of drug-likeness (QED) is 0.410. The third kappa shape index (κ3) is 4.98. The molecular weight excluding hydrogens is 411 g/mol. The van der Waals surface area contributed by atoms with Crippen molar-refractivity contribution in [3.63, 3.8) is 0 Å². The molecule has 0 N–H and O–H groups in total. The van der Waals surface area contributed by atoms with Gasteiger partial charge < -0.3 is 0 Å². The maximum absolute atomic E-state index is 12.3. The van der Waals surface area contributed by atoms with Gasteiger partial charge in [0.05, 0.1) is 16.3 Å². The van der Waals surface area contributed by atoms with Crippen molar-refractivity contribution in [3.05, 3.63) is 70.8 Å². The number of benzene rings is 2. The fourth-order valence-corrected chi connectivity index (χ4v) is 4.92. The van der Waals surface area contributed by atoms with Crippen LogP contribution in [-0.4, -0.2) is 29.9 Å². The highest BCUT2D eigenvalue weighted by Crippen LogP contribution is 2.23. The maximum Gasteiger partial charge on any atom is 0.188 e. The predicted octanol–water partition coefficient (Wildman–Crippen LogP) is 5.02. The van der Waals surface area contributed by atoms with Crippen LogP contribution in [0.15, 0.2) is 70.8 Å². The molecule has 2 aromatic carbocycles. The normalized spacial score (nSPS) is 11.5. The molecule has 1 heterocycles. The van der Waals surface area contributed by atoms with E-state index in [0.29, 0.717) is 21.0 Å². The minimum atomic E-state index is -3.36. The number of rotatable bonds is 6. The number of hydrogen-bond donors (Lipinski definition) is 0. The summed E-state index contributed by atoms with van der Waals surface area (Å²) in [4.78, 5) is 8.94. The van der Waals surface area contributed by atoms with Crippen molar-refractivity contribution >= 4 is 44.8 Å². The zero-order valence-corrected chi connectivity index (χ0v) is 16.6. The van der Waals surface area contributed by atoms with Crippen LogP contribution in [0.4, 0.5) is 0 Å². The number of nitrogens with zero attached hydrogens (tertiary/aromatic N) is 2. The van der Waals surface area contributed by atoms with Crippen molar-refractivity contribution < 1.29 is 8.42 Å². The summed E-state index contributed by atoms with van der Waals surface area (Å²) in [6, 6.07) is 15.3. The molecule has 1 aromatic heterocycles. The van der Waals surface area contributed by atoms with Gasteiger partial charge in [0.1, 0.15) is 0 Å². The van der Waals surface area contributed by atoms with E-state index in [2.05, 4.69) is 9.97 Å². The largest absolute Gasteiger partial charge is 0.231 e. The lowest BCUT2D eigenvalue weighted by molar-refractivity contribution is 0.597. The summed E-state index contributed by atoms with van der Waals surface area (Å²) < 4.78 is 24.7. The smallest absolute Gasteiger partial charge is 0.188 e. The summed E-state index contributed by atoms with van der Waals surface area (Å²) in [7, 11) is -3.36. The second-order valence-electron chi connectivity index (χ2n) is 5.35. The number of aromatic nitrogens is 2. The molecule has 0 unspecified atom stereocenters. The highest BCUT2D eigenvalue weighted by atomic mass is 35.5. The Morgan fingerprint density at radius 2 is 1.50 bits per heavy atom. The van der Waals surface area contributed by atoms with E-state index in [1.807, 2.05) is 12.1 Å². The summed E-state index contributed by atoms with van der Waals surface area (Å²) >= 11 is 13.0. The average molecular weight is 425 g/mol. The minimum Gasteiger partial charge on any atom is -0.231 e. The number of halogens is 2. The first-order valence-corrected chi connectivity index (χ1v) is 11.0. The molecular formula is C18H14Cl2N2O2S2. The van der Waals surface area contributed by atoms with E-state index in [0.717, 1.165) is 11.3 Å². The Balaban J connectivity index is 1.66. The molecule has 4 nitrogen and oxygen atoms in total. The fraction of sp³-hybridized carbons (Fsp3) is 0.111. The van der Waals surface area contributed by atoms with E-state index < -0.39 is 9.84 Å². The highest BCUT2D eigenvalue weighted by Gasteiger charge is 2.14. The van der Waals surface area contributed by atoms with Gasteiger partial charge in [-0.2, -0.15) is 0 Å². The number of thioether (sulfide) groups is 1. The molecule has 0 aliphatic heterocycles. The van der Waals surface area contributed by atoms with Crippen LogP contribution < -0.4 is 0 Å². The van der Waals surface area contributed by atoms with Crippen LogP contribution in [0.2, 0.25) is 10.0 Å². The SMILES string of the molecule is O=S(=O)(CCSc1nccc(-c2ccc(Cl)cc2)n1)c1ccc(Cl)cc1. The van der Waals surface area contributed by atoms with Crippen molar-refractivity contribution in [1.82, 2.24) is 9.97 Å². The molecule has 3 rings (SSSR count). The second-order valence-corrected chi connectivity index (χ2v) is 9.40. The molecule has 8 heteroatoms. The maximum atomic E-state index is 12.3. The van der Waals surface area contributed by atoms with Crippen molar-refractivity contribution in [2.75, 3.05) is 11.5 Å². The van der Waals surface area contributed by atoms with E-state index in [4.69, 9.17) is 23.2 Å². The Hall–Kier alpha value is -1.60. The Morgan fingerprint density at radius 1 is 0.885 bits per heavy atom. The first-order valence-electron chi connectivity index (χ1n) is 7.64. The fourth-order valence-electron chi connectivity index (χ4n) is 2.19.